The molecule has 2 unspecified atom stereocenters. The number of nitrogens with zero attached hydrogens (tertiary/aromatic N) is 1. The first-order chi connectivity index (χ1) is 9.33. The van der Waals surface area contributed by atoms with Crippen LogP contribution in [0.3, 0.4) is 0 Å². The van der Waals surface area contributed by atoms with Crippen LogP contribution in [0.15, 0.2) is 18.2 Å². The van der Waals surface area contributed by atoms with Crippen molar-refractivity contribution in [3.05, 3.63) is 23.8 Å². The fourth-order valence-corrected chi connectivity index (χ4v) is 2.92. The zero-order chi connectivity index (χ0) is 13.2. The highest BCUT2D eigenvalue weighted by molar-refractivity contribution is 5.43. The highest BCUT2D eigenvalue weighted by Crippen LogP contribution is 2.44. The maximum Gasteiger partial charge on any atom is 0.180 e. The van der Waals surface area contributed by atoms with Gasteiger partial charge in [-0.3, -0.25) is 4.84 Å². The van der Waals surface area contributed by atoms with E-state index in [-0.39, 0.29) is 6.23 Å². The minimum absolute atomic E-state index is 0.0999. The molecule has 104 valence electrons. The van der Waals surface area contributed by atoms with Crippen LogP contribution in [-0.4, -0.2) is 25.3 Å². The van der Waals surface area contributed by atoms with Crippen molar-refractivity contribution < 1.29 is 14.3 Å². The lowest BCUT2D eigenvalue weighted by Gasteiger charge is -2.20. The van der Waals surface area contributed by atoms with Gasteiger partial charge in [-0.2, -0.15) is 0 Å². The molecule has 3 rings (SSSR count). The van der Waals surface area contributed by atoms with Crippen LogP contribution in [0.25, 0.3) is 0 Å². The molecule has 1 aliphatic heterocycles. The molecule has 2 atom stereocenters. The third-order valence-corrected chi connectivity index (χ3v) is 4.03. The summed E-state index contributed by atoms with van der Waals surface area (Å²) in [4.78, 5) is 5.75. The summed E-state index contributed by atoms with van der Waals surface area (Å²) in [5.74, 6) is 1.52. The summed E-state index contributed by atoms with van der Waals surface area (Å²) in [7, 11) is 3.31. The van der Waals surface area contributed by atoms with Crippen LogP contribution in [0.2, 0.25) is 0 Å². The molecule has 1 heterocycles. The number of benzene rings is 1. The molecular formula is C15H21NO3. The van der Waals surface area contributed by atoms with E-state index in [1.54, 1.807) is 14.2 Å². The van der Waals surface area contributed by atoms with E-state index in [1.165, 1.54) is 32.1 Å². The van der Waals surface area contributed by atoms with Crippen LogP contribution >= 0.6 is 0 Å². The molecule has 1 saturated carbocycles. The Balaban J connectivity index is 1.70. The van der Waals surface area contributed by atoms with Crippen molar-refractivity contribution in [3.63, 3.8) is 0 Å². The van der Waals surface area contributed by atoms with Gasteiger partial charge in [0.25, 0.3) is 0 Å². The first kappa shape index (κ1) is 12.8. The topological polar surface area (TPSA) is 34.0 Å². The summed E-state index contributed by atoms with van der Waals surface area (Å²) in [6.07, 6.45) is 6.62. The highest BCUT2D eigenvalue weighted by Gasteiger charge is 2.43. The number of methoxy groups -OCH3 is 2. The lowest BCUT2D eigenvalue weighted by molar-refractivity contribution is 0.119. The van der Waals surface area contributed by atoms with E-state index < -0.39 is 0 Å². The summed E-state index contributed by atoms with van der Waals surface area (Å²) in [6, 6.07) is 6.59. The van der Waals surface area contributed by atoms with E-state index in [2.05, 4.69) is 11.1 Å². The van der Waals surface area contributed by atoms with E-state index in [4.69, 9.17) is 14.3 Å². The zero-order valence-electron chi connectivity index (χ0n) is 11.6. The van der Waals surface area contributed by atoms with E-state index in [0.717, 1.165) is 17.1 Å². The van der Waals surface area contributed by atoms with Gasteiger partial charge < -0.3 is 9.47 Å². The van der Waals surface area contributed by atoms with E-state index in [9.17, 15) is 0 Å². The summed E-state index contributed by atoms with van der Waals surface area (Å²) in [6.45, 7) is 0. The molecule has 1 aliphatic carbocycles. The van der Waals surface area contributed by atoms with Gasteiger partial charge >= 0.3 is 0 Å². The Morgan fingerprint density at radius 3 is 2.47 bits per heavy atom. The molecule has 1 saturated heterocycles. The molecular weight excluding hydrogens is 242 g/mol. The second kappa shape index (κ2) is 5.39. The maximum atomic E-state index is 5.75. The Kier molecular flexibility index (Phi) is 3.62. The third-order valence-electron chi connectivity index (χ3n) is 4.03. The molecule has 2 aliphatic rings. The number of ether oxygens (including phenoxy) is 2. The molecule has 2 fully saturated rings. The van der Waals surface area contributed by atoms with Gasteiger partial charge in [-0.15, -0.1) is 5.06 Å². The fraction of sp³-hybridized carbons (Fsp3) is 0.600. The molecule has 4 heteroatoms. The zero-order valence-corrected chi connectivity index (χ0v) is 11.6. The summed E-state index contributed by atoms with van der Waals surface area (Å²) in [5.41, 5.74) is 1.14. The molecule has 0 aromatic heterocycles. The third kappa shape index (κ3) is 2.55. The second-order valence-corrected chi connectivity index (χ2v) is 5.22. The molecule has 0 N–H and O–H groups in total. The van der Waals surface area contributed by atoms with Gasteiger partial charge in [0.2, 0.25) is 0 Å². The van der Waals surface area contributed by atoms with Crippen LogP contribution in [-0.2, 0) is 4.84 Å². The van der Waals surface area contributed by atoms with E-state index in [1.807, 2.05) is 12.1 Å². The summed E-state index contributed by atoms with van der Waals surface area (Å²) in [5, 5.41) is 2.14. The standard InChI is InChI=1S/C15H21NO3/c1-17-13-9-8-11(10-14(13)18-2)15-16(19-15)12-6-4-3-5-7-12/h8-10,12,15H,3-7H2,1-2H3. The van der Waals surface area contributed by atoms with Gasteiger partial charge in [0, 0.05) is 11.6 Å². The first-order valence-electron chi connectivity index (χ1n) is 7.00. The minimum atomic E-state index is 0.0999. The molecule has 19 heavy (non-hydrogen) atoms. The Labute approximate surface area is 114 Å². The number of rotatable bonds is 4. The number of hydroxylamine groups is 2. The Morgan fingerprint density at radius 2 is 1.79 bits per heavy atom. The maximum absolute atomic E-state index is 5.75. The molecule has 1 aromatic rings. The SMILES string of the molecule is COc1ccc(C2ON2C2CCCCC2)cc1OC. The van der Waals surface area contributed by atoms with Crippen molar-refractivity contribution in [2.75, 3.05) is 14.2 Å². The second-order valence-electron chi connectivity index (χ2n) is 5.22. The van der Waals surface area contributed by atoms with E-state index in [0.29, 0.717) is 6.04 Å². The number of hydrogen-bond acceptors (Lipinski definition) is 4. The monoisotopic (exact) mass is 263 g/mol. The van der Waals surface area contributed by atoms with Crippen molar-refractivity contribution >= 4 is 0 Å². The predicted octanol–water partition coefficient (Wildman–Crippen LogP) is 3.28. The molecule has 0 radical (unpaired) electrons. The fourth-order valence-electron chi connectivity index (χ4n) is 2.92. The van der Waals surface area contributed by atoms with Gasteiger partial charge in [-0.1, -0.05) is 25.3 Å². The lowest BCUT2D eigenvalue weighted by atomic mass is 9.95. The van der Waals surface area contributed by atoms with Crippen molar-refractivity contribution in [1.82, 2.24) is 5.06 Å². The van der Waals surface area contributed by atoms with Crippen molar-refractivity contribution in [1.29, 1.82) is 0 Å². The van der Waals surface area contributed by atoms with Gasteiger partial charge in [-0.25, -0.2) is 0 Å². The average molecular weight is 263 g/mol. The van der Waals surface area contributed by atoms with E-state index >= 15 is 0 Å². The van der Waals surface area contributed by atoms with Crippen LogP contribution < -0.4 is 9.47 Å². The van der Waals surface area contributed by atoms with Crippen LogP contribution in [0.1, 0.15) is 43.9 Å². The first-order valence-corrected chi connectivity index (χ1v) is 7.00. The summed E-state index contributed by atoms with van der Waals surface area (Å²) >= 11 is 0. The average Bonchev–Trinajstić information content (AvgIpc) is 3.28. The van der Waals surface area contributed by atoms with Crippen LogP contribution in [0.4, 0.5) is 0 Å². The number of hydrogen-bond donors (Lipinski definition) is 0. The predicted molar refractivity (Wildman–Crippen MR) is 72.1 cm³/mol. The Hall–Kier alpha value is -1.26. The van der Waals surface area contributed by atoms with Gasteiger partial charge in [0.1, 0.15) is 0 Å². The normalized spacial score (nSPS) is 27.1. The van der Waals surface area contributed by atoms with Crippen LogP contribution in [0.5, 0.6) is 11.5 Å². The van der Waals surface area contributed by atoms with Gasteiger partial charge in [-0.05, 0) is 25.0 Å². The Morgan fingerprint density at radius 1 is 1.05 bits per heavy atom. The van der Waals surface area contributed by atoms with Crippen molar-refractivity contribution in [2.24, 2.45) is 0 Å². The Bertz CT molecular complexity index is 443. The van der Waals surface area contributed by atoms with Gasteiger partial charge in [0.05, 0.1) is 14.2 Å². The largest absolute Gasteiger partial charge is 0.493 e. The smallest absolute Gasteiger partial charge is 0.180 e. The molecule has 0 amide bonds. The summed E-state index contributed by atoms with van der Waals surface area (Å²) < 4.78 is 10.6. The minimum Gasteiger partial charge on any atom is -0.493 e. The highest BCUT2D eigenvalue weighted by atomic mass is 16.8. The lowest BCUT2D eigenvalue weighted by Crippen LogP contribution is -2.21. The molecule has 1 aromatic carbocycles. The van der Waals surface area contributed by atoms with Crippen molar-refractivity contribution in [2.45, 2.75) is 44.4 Å². The van der Waals surface area contributed by atoms with Gasteiger partial charge in [0.15, 0.2) is 17.7 Å². The van der Waals surface area contributed by atoms with Crippen molar-refractivity contribution in [3.8, 4) is 11.5 Å². The quantitative estimate of drug-likeness (QED) is 0.781. The molecule has 0 spiro atoms. The molecule has 0 bridgehead atoms. The van der Waals surface area contributed by atoms with Crippen LogP contribution in [0, 0.1) is 0 Å². The molecule has 4 nitrogen and oxygen atoms in total.